The van der Waals surface area contributed by atoms with Gasteiger partial charge in [-0.2, -0.15) is 0 Å². The fourth-order valence-electron chi connectivity index (χ4n) is 3.59. The summed E-state index contributed by atoms with van der Waals surface area (Å²) in [6.45, 7) is 7.99. The molecule has 0 N–H and O–H groups in total. The average Bonchev–Trinajstić information content (AvgIpc) is 3.49. The number of imide groups is 2. The number of ether oxygens (including phenoxy) is 2. The Morgan fingerprint density at radius 1 is 0.778 bits per heavy atom. The van der Waals surface area contributed by atoms with Crippen molar-refractivity contribution in [1.82, 2.24) is 19.6 Å². The molecule has 6 amide bonds. The van der Waals surface area contributed by atoms with E-state index in [1.54, 1.807) is 27.7 Å². The molecule has 148 valence electrons. The van der Waals surface area contributed by atoms with Crippen LogP contribution in [-0.2, 0) is 19.1 Å². The van der Waals surface area contributed by atoms with Crippen molar-refractivity contribution in [1.29, 1.82) is 0 Å². The van der Waals surface area contributed by atoms with Crippen molar-refractivity contribution in [2.24, 2.45) is 0 Å². The zero-order valence-electron chi connectivity index (χ0n) is 15.9. The minimum Gasteiger partial charge on any atom is -0.371 e. The first kappa shape index (κ1) is 18.2. The molecule has 4 aliphatic rings. The van der Waals surface area contributed by atoms with E-state index in [0.717, 1.165) is 9.80 Å². The van der Waals surface area contributed by atoms with Crippen LogP contribution in [0.5, 0.6) is 0 Å². The molecule has 2 unspecified atom stereocenters. The molecule has 2 atom stereocenters. The zero-order chi connectivity index (χ0) is 19.7. The van der Waals surface area contributed by atoms with Crippen LogP contribution < -0.4 is 0 Å². The predicted molar refractivity (Wildman–Crippen MR) is 90.4 cm³/mol. The number of amides is 6. The van der Waals surface area contributed by atoms with Gasteiger partial charge in [0.1, 0.15) is 17.7 Å². The monoisotopic (exact) mass is 380 g/mol. The summed E-state index contributed by atoms with van der Waals surface area (Å²) in [7, 11) is 0. The smallest absolute Gasteiger partial charge is 0.329 e. The highest BCUT2D eigenvalue weighted by atomic mass is 16.6. The van der Waals surface area contributed by atoms with Crippen molar-refractivity contribution in [3.05, 3.63) is 0 Å². The number of urea groups is 2. The lowest BCUT2D eigenvalue weighted by Crippen LogP contribution is -2.47. The van der Waals surface area contributed by atoms with Gasteiger partial charge in [-0.1, -0.05) is 0 Å². The van der Waals surface area contributed by atoms with Crippen LogP contribution in [0.1, 0.15) is 27.7 Å². The maximum absolute atomic E-state index is 12.8. The molecule has 0 aromatic heterocycles. The summed E-state index contributed by atoms with van der Waals surface area (Å²) in [5.41, 5.74) is -2.10. The molecule has 4 heterocycles. The van der Waals surface area contributed by atoms with E-state index < -0.39 is 35.0 Å². The molecular formula is C17H24N4O6. The first-order chi connectivity index (χ1) is 12.5. The Morgan fingerprint density at radius 3 is 1.41 bits per heavy atom. The SMILES string of the molecule is CC1(C)C(=O)N(CN2C(=O)N(CC3CO3)C(C)(C)C2=O)C(=O)N1CC1CO1. The second-order valence-electron chi connectivity index (χ2n) is 8.42. The van der Waals surface area contributed by atoms with Gasteiger partial charge in [-0.15, -0.1) is 0 Å². The highest BCUT2D eigenvalue weighted by molar-refractivity contribution is 6.09. The molecular weight excluding hydrogens is 356 g/mol. The molecule has 27 heavy (non-hydrogen) atoms. The van der Waals surface area contributed by atoms with Crippen molar-refractivity contribution >= 4 is 23.9 Å². The second-order valence-corrected chi connectivity index (χ2v) is 8.42. The van der Waals surface area contributed by atoms with Crippen LogP contribution in [0.3, 0.4) is 0 Å². The third kappa shape index (κ3) is 2.78. The first-order valence-corrected chi connectivity index (χ1v) is 9.05. The van der Waals surface area contributed by atoms with Crippen molar-refractivity contribution < 1.29 is 28.7 Å². The van der Waals surface area contributed by atoms with Gasteiger partial charge in [-0.25, -0.2) is 19.4 Å². The third-order valence-electron chi connectivity index (χ3n) is 5.67. The zero-order valence-corrected chi connectivity index (χ0v) is 15.9. The van der Waals surface area contributed by atoms with E-state index >= 15 is 0 Å². The largest absolute Gasteiger partial charge is 0.371 e. The molecule has 0 saturated carbocycles. The van der Waals surface area contributed by atoms with E-state index in [0.29, 0.717) is 26.3 Å². The molecule has 0 aromatic rings. The number of hydrogen-bond acceptors (Lipinski definition) is 6. The van der Waals surface area contributed by atoms with Crippen LogP contribution in [0.15, 0.2) is 0 Å². The summed E-state index contributed by atoms with van der Waals surface area (Å²) < 4.78 is 10.3. The van der Waals surface area contributed by atoms with E-state index in [1.807, 2.05) is 0 Å². The second kappa shape index (κ2) is 5.65. The number of epoxide rings is 2. The molecule has 4 fully saturated rings. The van der Waals surface area contributed by atoms with Crippen LogP contribution in [0, 0.1) is 0 Å². The molecule has 4 saturated heterocycles. The average molecular weight is 380 g/mol. The van der Waals surface area contributed by atoms with E-state index in [1.165, 1.54) is 9.80 Å². The van der Waals surface area contributed by atoms with Gasteiger partial charge in [-0.3, -0.25) is 9.59 Å². The molecule has 0 bridgehead atoms. The third-order valence-corrected chi connectivity index (χ3v) is 5.67. The predicted octanol–water partition coefficient (Wildman–Crippen LogP) is -0.173. The molecule has 10 heteroatoms. The van der Waals surface area contributed by atoms with Gasteiger partial charge in [-0.05, 0) is 27.7 Å². The van der Waals surface area contributed by atoms with Crippen molar-refractivity contribution in [3.63, 3.8) is 0 Å². The van der Waals surface area contributed by atoms with Crippen molar-refractivity contribution in [2.75, 3.05) is 33.0 Å². The Morgan fingerprint density at radius 2 is 1.11 bits per heavy atom. The topological polar surface area (TPSA) is 106 Å². The summed E-state index contributed by atoms with van der Waals surface area (Å²) in [6, 6.07) is -1.02. The van der Waals surface area contributed by atoms with Gasteiger partial charge in [0.15, 0.2) is 0 Å². The number of carbonyl (C=O) groups excluding carboxylic acids is 4. The Bertz CT molecular complexity index is 667. The molecule has 4 aliphatic heterocycles. The first-order valence-electron chi connectivity index (χ1n) is 9.05. The van der Waals surface area contributed by atoms with Crippen molar-refractivity contribution in [2.45, 2.75) is 51.0 Å². The highest BCUT2D eigenvalue weighted by Crippen LogP contribution is 2.33. The molecule has 0 aliphatic carbocycles. The molecule has 4 rings (SSSR count). The lowest BCUT2D eigenvalue weighted by Gasteiger charge is -2.26. The maximum atomic E-state index is 12.8. The fraction of sp³-hybridized carbons (Fsp3) is 0.765. The van der Waals surface area contributed by atoms with Crippen LogP contribution in [-0.4, -0.2) is 99.7 Å². The number of hydrogen-bond donors (Lipinski definition) is 0. The van der Waals surface area contributed by atoms with Gasteiger partial charge in [0, 0.05) is 0 Å². The fourth-order valence-corrected chi connectivity index (χ4v) is 3.59. The highest BCUT2D eigenvalue weighted by Gasteiger charge is 2.57. The lowest BCUT2D eigenvalue weighted by molar-refractivity contribution is -0.136. The Hall–Kier alpha value is -2.20. The van der Waals surface area contributed by atoms with Crippen LogP contribution >= 0.6 is 0 Å². The van der Waals surface area contributed by atoms with E-state index in [4.69, 9.17) is 9.47 Å². The minimum absolute atomic E-state index is 0.0657. The van der Waals surface area contributed by atoms with Gasteiger partial charge in [0.05, 0.1) is 38.5 Å². The Kier molecular flexibility index (Phi) is 3.80. The maximum Gasteiger partial charge on any atom is 0.329 e. The van der Waals surface area contributed by atoms with Gasteiger partial charge < -0.3 is 19.3 Å². The van der Waals surface area contributed by atoms with Gasteiger partial charge in [0.25, 0.3) is 11.8 Å². The van der Waals surface area contributed by atoms with Crippen LogP contribution in [0.2, 0.25) is 0 Å². The van der Waals surface area contributed by atoms with Crippen LogP contribution in [0.25, 0.3) is 0 Å². The molecule has 0 aromatic carbocycles. The quantitative estimate of drug-likeness (QED) is 0.468. The summed E-state index contributed by atoms with van der Waals surface area (Å²) in [5.74, 6) is -0.869. The van der Waals surface area contributed by atoms with E-state index in [2.05, 4.69) is 0 Å². The number of carbonyl (C=O) groups is 4. The Labute approximate surface area is 156 Å². The number of rotatable bonds is 6. The summed E-state index contributed by atoms with van der Waals surface area (Å²) >= 11 is 0. The van der Waals surface area contributed by atoms with Crippen LogP contribution in [0.4, 0.5) is 9.59 Å². The summed E-state index contributed by atoms with van der Waals surface area (Å²) in [4.78, 5) is 56.1. The number of nitrogens with zero attached hydrogens (tertiary/aromatic N) is 4. The van der Waals surface area contributed by atoms with Crippen molar-refractivity contribution in [3.8, 4) is 0 Å². The summed E-state index contributed by atoms with van der Waals surface area (Å²) in [6.07, 6.45) is -0.131. The molecule has 0 spiro atoms. The minimum atomic E-state index is -1.05. The molecule has 10 nitrogen and oxygen atoms in total. The van der Waals surface area contributed by atoms with Gasteiger partial charge in [0.2, 0.25) is 0 Å². The van der Waals surface area contributed by atoms with E-state index in [9.17, 15) is 19.2 Å². The van der Waals surface area contributed by atoms with Gasteiger partial charge >= 0.3 is 12.1 Å². The normalized spacial score (nSPS) is 31.4. The summed E-state index contributed by atoms with van der Waals surface area (Å²) in [5, 5.41) is 0. The Balaban J connectivity index is 1.54. The standard InChI is InChI=1S/C17H24N4O6/c1-16(2)12(22)18(14(24)20(16)5-10-7-26-10)9-19-13(23)17(3,4)21(15(19)25)6-11-8-27-11/h10-11H,5-9H2,1-4H3. The lowest BCUT2D eigenvalue weighted by atomic mass is 10.0. The molecule has 0 radical (unpaired) electrons. The van der Waals surface area contributed by atoms with E-state index in [-0.39, 0.29) is 18.9 Å².